The number of hydrogen-bond acceptors (Lipinski definition) is 3. The van der Waals surface area contributed by atoms with E-state index in [1.165, 1.54) is 7.11 Å². The molecule has 0 saturated carbocycles. The number of fused-ring (bicyclic) bond motifs is 1. The van der Waals surface area contributed by atoms with Crippen LogP contribution in [0.1, 0.15) is 32.3 Å². The van der Waals surface area contributed by atoms with Gasteiger partial charge in [-0.1, -0.05) is 13.8 Å². The fourth-order valence-electron chi connectivity index (χ4n) is 2.72. The maximum absolute atomic E-state index is 12.1. The number of carbonyl (C=O) groups is 2. The van der Waals surface area contributed by atoms with Gasteiger partial charge < -0.3 is 15.0 Å². The fraction of sp³-hybridized carbons (Fsp3) is 0.529. The van der Waals surface area contributed by atoms with Crippen LogP contribution in [-0.2, 0) is 20.7 Å². The molecule has 0 spiro atoms. The van der Waals surface area contributed by atoms with E-state index in [1.54, 1.807) is 4.90 Å². The molecule has 0 aromatic heterocycles. The Kier molecular flexibility index (Phi) is 5.55. The second-order valence-electron chi connectivity index (χ2n) is 6.07. The molecule has 0 fully saturated rings. The van der Waals surface area contributed by atoms with Gasteiger partial charge in [0.1, 0.15) is 6.61 Å². The Morgan fingerprint density at radius 2 is 2.14 bits per heavy atom. The number of hydrogen-bond donors (Lipinski definition) is 1. The maximum atomic E-state index is 12.1. The first kappa shape index (κ1) is 16.5. The standard InChI is InChI=1S/C17H24N2O3/c1-12(2)9-16(20)18-14-6-7-15-13(10-14)5-4-8-19(15)17(21)11-22-3/h6-7,10,12H,4-5,8-9,11H2,1-3H3,(H,18,20). The summed E-state index contributed by atoms with van der Waals surface area (Å²) in [6.45, 7) is 4.85. The summed E-state index contributed by atoms with van der Waals surface area (Å²) in [7, 11) is 1.52. The van der Waals surface area contributed by atoms with E-state index in [-0.39, 0.29) is 18.4 Å². The first-order valence-electron chi connectivity index (χ1n) is 7.73. The lowest BCUT2D eigenvalue weighted by atomic mass is 10.0. The van der Waals surface area contributed by atoms with Crippen molar-refractivity contribution in [2.24, 2.45) is 5.92 Å². The average molecular weight is 304 g/mol. The van der Waals surface area contributed by atoms with Crippen LogP contribution in [0, 0.1) is 5.92 Å². The number of nitrogens with zero attached hydrogens (tertiary/aromatic N) is 1. The summed E-state index contributed by atoms with van der Waals surface area (Å²) < 4.78 is 4.94. The average Bonchev–Trinajstić information content (AvgIpc) is 2.45. The van der Waals surface area contributed by atoms with Crippen molar-refractivity contribution >= 4 is 23.2 Å². The van der Waals surface area contributed by atoms with Gasteiger partial charge in [-0.3, -0.25) is 9.59 Å². The second kappa shape index (κ2) is 7.40. The fourth-order valence-corrected chi connectivity index (χ4v) is 2.72. The number of ether oxygens (including phenoxy) is 1. The van der Waals surface area contributed by atoms with E-state index in [0.29, 0.717) is 18.9 Å². The molecule has 1 N–H and O–H groups in total. The molecular weight excluding hydrogens is 280 g/mol. The minimum absolute atomic E-state index is 0.0260. The molecule has 120 valence electrons. The van der Waals surface area contributed by atoms with Gasteiger partial charge in [0.25, 0.3) is 5.91 Å². The van der Waals surface area contributed by atoms with E-state index < -0.39 is 0 Å². The summed E-state index contributed by atoms with van der Waals surface area (Å²) in [5.41, 5.74) is 2.82. The molecule has 1 aliphatic heterocycles. The van der Waals surface area contributed by atoms with E-state index in [9.17, 15) is 9.59 Å². The van der Waals surface area contributed by atoms with Gasteiger partial charge in [-0.15, -0.1) is 0 Å². The van der Waals surface area contributed by atoms with Gasteiger partial charge >= 0.3 is 0 Å². The van der Waals surface area contributed by atoms with Crippen LogP contribution in [0.5, 0.6) is 0 Å². The molecule has 2 amide bonds. The third-order valence-corrected chi connectivity index (χ3v) is 3.64. The molecule has 5 heteroatoms. The molecule has 22 heavy (non-hydrogen) atoms. The Balaban J connectivity index is 2.13. The molecule has 1 aromatic rings. The van der Waals surface area contributed by atoms with Crippen LogP contribution >= 0.6 is 0 Å². The number of aryl methyl sites for hydroxylation is 1. The normalized spacial score (nSPS) is 13.9. The zero-order valence-corrected chi connectivity index (χ0v) is 13.5. The van der Waals surface area contributed by atoms with Gasteiger partial charge in [0.05, 0.1) is 0 Å². The minimum atomic E-state index is -0.0277. The van der Waals surface area contributed by atoms with Crippen molar-refractivity contribution in [3.63, 3.8) is 0 Å². The van der Waals surface area contributed by atoms with Crippen LogP contribution in [0.2, 0.25) is 0 Å². The van der Waals surface area contributed by atoms with Crippen molar-refractivity contribution in [1.82, 2.24) is 0 Å². The molecule has 0 saturated heterocycles. The van der Waals surface area contributed by atoms with Crippen molar-refractivity contribution in [2.75, 3.05) is 30.5 Å². The Morgan fingerprint density at radius 3 is 2.82 bits per heavy atom. The third kappa shape index (κ3) is 4.07. The highest BCUT2D eigenvalue weighted by Crippen LogP contribution is 2.30. The van der Waals surface area contributed by atoms with Gasteiger partial charge in [-0.25, -0.2) is 0 Å². The highest BCUT2D eigenvalue weighted by atomic mass is 16.5. The summed E-state index contributed by atoms with van der Waals surface area (Å²) in [4.78, 5) is 25.7. The van der Waals surface area contributed by atoms with E-state index in [4.69, 9.17) is 4.74 Å². The summed E-state index contributed by atoms with van der Waals surface area (Å²) in [5.74, 6) is 0.331. The summed E-state index contributed by atoms with van der Waals surface area (Å²) in [6, 6.07) is 5.74. The number of methoxy groups -OCH3 is 1. The molecule has 0 atom stereocenters. The van der Waals surface area contributed by atoms with E-state index in [1.807, 2.05) is 32.0 Å². The summed E-state index contributed by atoms with van der Waals surface area (Å²) >= 11 is 0. The molecule has 0 aliphatic carbocycles. The van der Waals surface area contributed by atoms with Gasteiger partial charge in [0, 0.05) is 31.5 Å². The highest BCUT2D eigenvalue weighted by Gasteiger charge is 2.22. The number of amides is 2. The summed E-state index contributed by atoms with van der Waals surface area (Å²) in [6.07, 6.45) is 2.35. The lowest BCUT2D eigenvalue weighted by Gasteiger charge is -2.29. The van der Waals surface area contributed by atoms with Crippen LogP contribution in [0.4, 0.5) is 11.4 Å². The number of carbonyl (C=O) groups excluding carboxylic acids is 2. The van der Waals surface area contributed by atoms with E-state index in [0.717, 1.165) is 29.8 Å². The van der Waals surface area contributed by atoms with E-state index >= 15 is 0 Å². The molecule has 0 unspecified atom stereocenters. The largest absolute Gasteiger partial charge is 0.375 e. The highest BCUT2D eigenvalue weighted by molar-refractivity contribution is 5.96. The van der Waals surface area contributed by atoms with Crippen molar-refractivity contribution < 1.29 is 14.3 Å². The Bertz CT molecular complexity index is 555. The quantitative estimate of drug-likeness (QED) is 0.909. The smallest absolute Gasteiger partial charge is 0.252 e. The van der Waals surface area contributed by atoms with Crippen LogP contribution in [0.25, 0.3) is 0 Å². The van der Waals surface area contributed by atoms with Crippen LogP contribution in [0.15, 0.2) is 18.2 Å². The molecule has 1 aliphatic rings. The molecule has 1 heterocycles. The zero-order valence-electron chi connectivity index (χ0n) is 13.5. The molecule has 1 aromatic carbocycles. The topological polar surface area (TPSA) is 58.6 Å². The number of benzene rings is 1. The van der Waals surface area contributed by atoms with Gasteiger partial charge in [-0.05, 0) is 42.5 Å². The first-order valence-corrected chi connectivity index (χ1v) is 7.73. The molecule has 0 radical (unpaired) electrons. The molecular formula is C17H24N2O3. The molecule has 2 rings (SSSR count). The first-order chi connectivity index (χ1) is 10.5. The van der Waals surface area contributed by atoms with Crippen molar-refractivity contribution in [3.8, 4) is 0 Å². The van der Waals surface area contributed by atoms with Gasteiger partial charge in [0.2, 0.25) is 5.91 Å². The number of anilines is 2. The van der Waals surface area contributed by atoms with Gasteiger partial charge in [0.15, 0.2) is 0 Å². The lowest BCUT2D eigenvalue weighted by Crippen LogP contribution is -2.37. The SMILES string of the molecule is COCC(=O)N1CCCc2cc(NC(=O)CC(C)C)ccc21. The lowest BCUT2D eigenvalue weighted by molar-refractivity contribution is -0.122. The predicted octanol–water partition coefficient (Wildman–Crippen LogP) is 2.60. The Morgan fingerprint density at radius 1 is 1.36 bits per heavy atom. The summed E-state index contributed by atoms with van der Waals surface area (Å²) in [5, 5.41) is 2.93. The van der Waals surface area contributed by atoms with Crippen molar-refractivity contribution in [1.29, 1.82) is 0 Å². The Labute approximate surface area is 131 Å². The van der Waals surface area contributed by atoms with Crippen molar-refractivity contribution in [3.05, 3.63) is 23.8 Å². The van der Waals surface area contributed by atoms with E-state index in [2.05, 4.69) is 5.32 Å². The Hall–Kier alpha value is -1.88. The monoisotopic (exact) mass is 304 g/mol. The third-order valence-electron chi connectivity index (χ3n) is 3.64. The minimum Gasteiger partial charge on any atom is -0.375 e. The zero-order chi connectivity index (χ0) is 16.1. The second-order valence-corrected chi connectivity index (χ2v) is 6.07. The van der Waals surface area contributed by atoms with Crippen molar-refractivity contribution in [2.45, 2.75) is 33.1 Å². The number of rotatable bonds is 5. The molecule has 5 nitrogen and oxygen atoms in total. The molecule has 0 bridgehead atoms. The number of nitrogens with one attached hydrogen (secondary N) is 1. The predicted molar refractivity (Wildman–Crippen MR) is 87.1 cm³/mol. The van der Waals surface area contributed by atoms with Crippen LogP contribution in [-0.4, -0.2) is 32.1 Å². The van der Waals surface area contributed by atoms with Crippen LogP contribution in [0.3, 0.4) is 0 Å². The van der Waals surface area contributed by atoms with Crippen LogP contribution < -0.4 is 10.2 Å². The van der Waals surface area contributed by atoms with Gasteiger partial charge in [-0.2, -0.15) is 0 Å². The maximum Gasteiger partial charge on any atom is 0.252 e.